The molecule has 2 atom stereocenters. The second kappa shape index (κ2) is 25.1. The van der Waals surface area contributed by atoms with Crippen LogP contribution >= 0.6 is 21.4 Å². The third kappa shape index (κ3) is 17.4. The first-order valence-electron chi connectivity index (χ1n) is 25.8. The Balaban J connectivity index is 0.000000176. The number of hydrazine groups is 1. The van der Waals surface area contributed by atoms with Crippen LogP contribution in [0, 0.1) is 11.8 Å². The molecule has 2 saturated heterocycles. The van der Waals surface area contributed by atoms with Crippen molar-refractivity contribution in [1.82, 2.24) is 34.9 Å². The van der Waals surface area contributed by atoms with Gasteiger partial charge in [-0.25, -0.2) is 20.0 Å². The van der Waals surface area contributed by atoms with Crippen molar-refractivity contribution >= 4 is 89.7 Å². The third-order valence-electron chi connectivity index (χ3n) is 13.3. The zero-order valence-electron chi connectivity index (χ0n) is 45.8. The summed E-state index contributed by atoms with van der Waals surface area (Å²) >= 11 is 0. The number of halogens is 9. The highest BCUT2D eigenvalue weighted by Crippen LogP contribution is 2.42. The lowest BCUT2D eigenvalue weighted by Crippen LogP contribution is -2.30. The summed E-state index contributed by atoms with van der Waals surface area (Å²) in [6.07, 6.45) is -6.07. The number of fused-ring (bicyclic) bond motifs is 1. The van der Waals surface area contributed by atoms with Gasteiger partial charge in [-0.05, 0) is 164 Å². The van der Waals surface area contributed by atoms with Crippen LogP contribution in [0.5, 0.6) is 0 Å². The van der Waals surface area contributed by atoms with E-state index >= 15 is 0 Å². The van der Waals surface area contributed by atoms with Crippen LogP contribution < -0.4 is 47.5 Å². The van der Waals surface area contributed by atoms with E-state index in [1.807, 2.05) is 5.01 Å². The summed E-state index contributed by atoms with van der Waals surface area (Å²) in [4.78, 5) is 25.2. The van der Waals surface area contributed by atoms with E-state index in [9.17, 15) is 53.2 Å². The molecule has 81 heavy (non-hydrogen) atoms. The Kier molecular flexibility index (Phi) is 19.3. The van der Waals surface area contributed by atoms with Gasteiger partial charge in [0.05, 0.1) is 0 Å². The molecule has 2 unspecified atom stereocenters. The largest absolute Gasteiger partial charge is 0.421 e. The Morgan fingerprint density at radius 2 is 0.840 bits per heavy atom. The number of nitrogens with one attached hydrogen (secondary N) is 5. The van der Waals surface area contributed by atoms with Gasteiger partial charge in [0.1, 0.15) is 49.8 Å². The average molecular weight is 1200 g/mol. The minimum Gasteiger partial charge on any atom is -0.367 e. The first kappa shape index (κ1) is 62.3. The van der Waals surface area contributed by atoms with E-state index in [0.29, 0.717) is 47.3 Å². The van der Waals surface area contributed by atoms with Gasteiger partial charge in [0.25, 0.3) is 0 Å². The summed E-state index contributed by atoms with van der Waals surface area (Å²) in [5.41, 5.74) is 2.07. The van der Waals surface area contributed by atoms with E-state index in [0.717, 1.165) is 68.0 Å². The number of anilines is 9. The van der Waals surface area contributed by atoms with E-state index < -0.39 is 56.6 Å². The smallest absolute Gasteiger partial charge is 0.367 e. The Morgan fingerprint density at radius 3 is 1.20 bits per heavy atom. The molecule has 0 amide bonds. The van der Waals surface area contributed by atoms with Crippen molar-refractivity contribution in [2.75, 3.05) is 97.8 Å². The zero-order valence-corrected chi connectivity index (χ0v) is 48.5. The number of benzene rings is 3. The Bertz CT molecular complexity index is 3240. The molecule has 28 heteroatoms. The molecule has 3 aromatic heterocycles. The van der Waals surface area contributed by atoms with Crippen molar-refractivity contribution in [2.24, 2.45) is 11.8 Å². The molecule has 438 valence electrons. The fraction of sp³-hybridized carbons (Fsp3) is 0.434. The highest BCUT2D eigenvalue weighted by Gasteiger charge is 2.41. The molecule has 16 nitrogen and oxygen atoms in total. The Hall–Kier alpha value is -6.28. The molecule has 5 N–H and O–H groups in total. The molecule has 5 heterocycles. The third-order valence-corrected chi connectivity index (χ3v) is 17.9. The van der Waals surface area contributed by atoms with Gasteiger partial charge in [-0.1, -0.05) is 6.42 Å². The van der Waals surface area contributed by atoms with Gasteiger partial charge in [-0.15, -0.1) is 0 Å². The molecule has 0 bridgehead atoms. The van der Waals surface area contributed by atoms with Crippen LogP contribution in [0.1, 0.15) is 62.6 Å². The lowest BCUT2D eigenvalue weighted by molar-refractivity contribution is -0.138. The predicted molar refractivity (Wildman–Crippen MR) is 304 cm³/mol. The number of hydrogen-bond acceptors (Lipinski definition) is 16. The molecular formula is C53H65F9N13O3P3. The van der Waals surface area contributed by atoms with Gasteiger partial charge in [-0.3, -0.25) is 0 Å². The van der Waals surface area contributed by atoms with Gasteiger partial charge >= 0.3 is 18.5 Å². The van der Waals surface area contributed by atoms with Gasteiger partial charge in [0, 0.05) is 83.8 Å². The van der Waals surface area contributed by atoms with Crippen molar-refractivity contribution in [3.05, 3.63) is 108 Å². The van der Waals surface area contributed by atoms with Crippen LogP contribution in [0.25, 0.3) is 0 Å². The van der Waals surface area contributed by atoms with Crippen LogP contribution in [-0.2, 0) is 32.2 Å². The maximum Gasteiger partial charge on any atom is 0.421 e. The van der Waals surface area contributed by atoms with Gasteiger partial charge in [-0.2, -0.15) is 54.5 Å². The lowest BCUT2D eigenvalue weighted by Gasteiger charge is -2.22. The fourth-order valence-corrected chi connectivity index (χ4v) is 11.7. The molecule has 1 saturated carbocycles. The molecule has 6 aromatic rings. The minimum absolute atomic E-state index is 0.0417. The number of nitrogens with zero attached hydrogens (tertiary/aromatic N) is 8. The minimum atomic E-state index is -4.55. The van der Waals surface area contributed by atoms with Crippen molar-refractivity contribution in [2.45, 2.75) is 70.5 Å². The Morgan fingerprint density at radius 1 is 0.494 bits per heavy atom. The number of aromatic nitrogens is 6. The van der Waals surface area contributed by atoms with Crippen LogP contribution in [0.15, 0.2) is 91.4 Å². The van der Waals surface area contributed by atoms with E-state index in [1.54, 1.807) is 132 Å². The van der Waals surface area contributed by atoms with Gasteiger partial charge in [0.2, 0.25) is 17.8 Å². The number of hydrogen-bond donors (Lipinski definition) is 5. The normalized spacial score (nSPS) is 16.9. The summed E-state index contributed by atoms with van der Waals surface area (Å²) < 4.78 is 156. The standard InChI is InChI=1S/C20H25F3N5OP.C17H20F3N4OP.C16H20F3N4OP/c1-30(2,29)16-8-6-15(7-9-16)25-19-24-10-17(20(21,22)23)18(26-19)27-28-11-13-4-3-5-14(13)12-28;1-26(2,25)13-7-5-12(6-8-13)22-16-21-11-14(17(18,19)20)15(23-16)24-9-3-4-10-24;1-10(2)21-14-13(16(17,18)19)9-20-15(23-14)22-11-5-7-12(8-6-11)25(3,4)24/h6-10,13-14H,3-5,11-12H2,1-2H3,(H2,24,25,26,27);5-8,11H,3-4,9-10H2,1-2H3,(H,21,22,23);5-10H,1-4H3,(H2,20,21,22,23). The zero-order chi connectivity index (χ0) is 59.3. The summed E-state index contributed by atoms with van der Waals surface area (Å²) in [7, 11) is -7.10. The van der Waals surface area contributed by atoms with Crippen LogP contribution in [0.2, 0.25) is 0 Å². The highest BCUT2D eigenvalue weighted by atomic mass is 31.2. The van der Waals surface area contributed by atoms with E-state index in [1.165, 1.54) is 6.42 Å². The molecule has 2 aliphatic heterocycles. The van der Waals surface area contributed by atoms with Crippen LogP contribution in [0.3, 0.4) is 0 Å². The predicted octanol–water partition coefficient (Wildman–Crippen LogP) is 12.9. The quantitative estimate of drug-likeness (QED) is 0.0510. The number of alkyl halides is 9. The van der Waals surface area contributed by atoms with Gasteiger partial charge in [0.15, 0.2) is 5.82 Å². The van der Waals surface area contributed by atoms with Crippen molar-refractivity contribution in [1.29, 1.82) is 0 Å². The molecule has 3 fully saturated rings. The van der Waals surface area contributed by atoms with E-state index in [4.69, 9.17) is 0 Å². The van der Waals surface area contributed by atoms with Gasteiger partial charge < -0.3 is 45.3 Å². The molecular weight excluding hydrogens is 1130 g/mol. The Labute approximate surface area is 464 Å². The van der Waals surface area contributed by atoms with Crippen molar-refractivity contribution in [3.8, 4) is 0 Å². The van der Waals surface area contributed by atoms with Crippen molar-refractivity contribution in [3.63, 3.8) is 0 Å². The maximum absolute atomic E-state index is 13.5. The summed E-state index contributed by atoms with van der Waals surface area (Å²) in [5, 5.41) is 15.4. The second-order valence-corrected chi connectivity index (χ2v) is 31.0. The monoisotopic (exact) mass is 1200 g/mol. The molecule has 3 aromatic carbocycles. The molecule has 0 spiro atoms. The van der Waals surface area contributed by atoms with Crippen LogP contribution in [0.4, 0.5) is 91.9 Å². The summed E-state index contributed by atoms with van der Waals surface area (Å²) in [6, 6.07) is 20.4. The SMILES string of the molecule is CC(C)Nc1nc(Nc2ccc(P(C)(C)=O)cc2)ncc1C(F)(F)F.CP(C)(=O)c1ccc(Nc2ncc(C(F)(F)F)c(N3CCCC3)n2)cc1.CP(C)(=O)c1ccc(Nc2ncc(C(F)(F)F)c(NN3CC4CCCC4C3)n2)cc1. The molecule has 0 radical (unpaired) electrons. The summed E-state index contributed by atoms with van der Waals surface area (Å²) in [6.45, 7) is 16.0. The average Bonchev–Trinajstić information content (AvgIpc) is 4.14. The lowest BCUT2D eigenvalue weighted by atomic mass is 10.0. The molecule has 3 aliphatic rings. The molecule has 1 aliphatic carbocycles. The summed E-state index contributed by atoms with van der Waals surface area (Å²) in [5.74, 6) is 0.677. The molecule has 9 rings (SSSR count). The first-order chi connectivity index (χ1) is 37.7. The van der Waals surface area contributed by atoms with E-state index in [2.05, 4.69) is 56.6 Å². The number of rotatable bonds is 14. The van der Waals surface area contributed by atoms with E-state index in [-0.39, 0.29) is 41.3 Å². The van der Waals surface area contributed by atoms with Crippen LogP contribution in [-0.4, -0.2) is 107 Å². The first-order valence-corrected chi connectivity index (χ1v) is 33.6. The second-order valence-electron chi connectivity index (χ2n) is 21.4. The maximum atomic E-state index is 13.5. The fourth-order valence-electron chi connectivity index (χ4n) is 9.15. The van der Waals surface area contributed by atoms with Crippen molar-refractivity contribution < 1.29 is 53.2 Å². The highest BCUT2D eigenvalue weighted by molar-refractivity contribution is 7.70. The topological polar surface area (TPSA) is 195 Å².